The number of hydrogen-bond acceptors (Lipinski definition) is 4. The summed E-state index contributed by atoms with van der Waals surface area (Å²) < 4.78 is 5.89. The molecule has 0 bridgehead atoms. The molecule has 5 nitrogen and oxygen atoms in total. The molecule has 3 fully saturated rings. The SMILES string of the molecule is CC[C@H](/C=C/[C@@H](C)[C@H]1CC[C@H]2[C@@H]3CC=C4CC(OC(=O)NCCN(C)CCO)CCC4(C)[C@H]3CC[C@]12C)C(C)C. The number of hydrogen-bond donors (Lipinski definition) is 2. The molecule has 4 aliphatic rings. The summed E-state index contributed by atoms with van der Waals surface area (Å²) in [5.74, 6) is 5.33. The molecule has 4 aliphatic carbocycles. The number of nitrogens with zero attached hydrogens (tertiary/aromatic N) is 1. The van der Waals surface area contributed by atoms with E-state index in [9.17, 15) is 4.79 Å². The topological polar surface area (TPSA) is 61.8 Å². The smallest absolute Gasteiger partial charge is 0.407 e. The monoisotopic (exact) mass is 556 g/mol. The summed E-state index contributed by atoms with van der Waals surface area (Å²) in [6.07, 6.45) is 18.4. The number of ether oxygens (including phenoxy) is 1. The Morgan fingerprint density at radius 2 is 1.90 bits per heavy atom. The number of carbonyl (C=O) groups is 1. The van der Waals surface area contributed by atoms with Crippen LogP contribution >= 0.6 is 0 Å². The number of allylic oxidation sites excluding steroid dienone is 3. The Balaban J connectivity index is 1.36. The molecule has 1 amide bonds. The third kappa shape index (κ3) is 6.51. The Bertz CT molecular complexity index is 914. The molecule has 2 N–H and O–H groups in total. The molecular weight excluding hydrogens is 496 g/mol. The Hall–Kier alpha value is -1.33. The van der Waals surface area contributed by atoms with Gasteiger partial charge in [0.15, 0.2) is 0 Å². The lowest BCUT2D eigenvalue weighted by Gasteiger charge is -2.58. The number of aliphatic hydroxyl groups is 1. The number of fused-ring (bicyclic) bond motifs is 5. The van der Waals surface area contributed by atoms with Crippen LogP contribution in [0.5, 0.6) is 0 Å². The van der Waals surface area contributed by atoms with Gasteiger partial charge in [-0.1, -0.05) is 65.3 Å². The van der Waals surface area contributed by atoms with Gasteiger partial charge in [0, 0.05) is 26.1 Å². The maximum Gasteiger partial charge on any atom is 0.407 e. The average molecular weight is 557 g/mol. The van der Waals surface area contributed by atoms with Gasteiger partial charge >= 0.3 is 6.09 Å². The van der Waals surface area contributed by atoms with Gasteiger partial charge in [0.25, 0.3) is 0 Å². The van der Waals surface area contributed by atoms with Gasteiger partial charge in [-0.25, -0.2) is 4.79 Å². The molecule has 0 heterocycles. The first kappa shape index (κ1) is 31.6. The minimum atomic E-state index is -0.299. The summed E-state index contributed by atoms with van der Waals surface area (Å²) in [6.45, 7) is 16.7. The highest BCUT2D eigenvalue weighted by molar-refractivity contribution is 5.67. The van der Waals surface area contributed by atoms with Gasteiger partial charge in [0.05, 0.1) is 6.61 Å². The summed E-state index contributed by atoms with van der Waals surface area (Å²) in [5.41, 5.74) is 2.30. The first-order valence-electron chi connectivity index (χ1n) is 16.6. The van der Waals surface area contributed by atoms with Crippen LogP contribution in [-0.2, 0) is 4.74 Å². The van der Waals surface area contributed by atoms with E-state index in [0.29, 0.717) is 36.9 Å². The van der Waals surface area contributed by atoms with Crippen LogP contribution in [0, 0.1) is 52.3 Å². The van der Waals surface area contributed by atoms with Crippen LogP contribution in [0.1, 0.15) is 99.3 Å². The van der Waals surface area contributed by atoms with Gasteiger partial charge in [-0.15, -0.1) is 0 Å². The zero-order chi connectivity index (χ0) is 29.1. The number of carbonyl (C=O) groups excluding carboxylic acids is 1. The molecular formula is C35H60N2O3. The van der Waals surface area contributed by atoms with Crippen LogP contribution < -0.4 is 5.32 Å². The van der Waals surface area contributed by atoms with Gasteiger partial charge in [0.1, 0.15) is 6.10 Å². The largest absolute Gasteiger partial charge is 0.446 e. The Morgan fingerprint density at radius 1 is 1.12 bits per heavy atom. The predicted octanol–water partition coefficient (Wildman–Crippen LogP) is 7.46. The van der Waals surface area contributed by atoms with Crippen molar-refractivity contribution in [1.82, 2.24) is 10.2 Å². The van der Waals surface area contributed by atoms with Gasteiger partial charge in [-0.3, -0.25) is 0 Å². The lowest BCUT2D eigenvalue weighted by atomic mass is 9.47. The van der Waals surface area contributed by atoms with E-state index in [-0.39, 0.29) is 24.2 Å². The van der Waals surface area contributed by atoms with Crippen molar-refractivity contribution in [3.05, 3.63) is 23.8 Å². The average Bonchev–Trinajstić information content (AvgIpc) is 3.26. The summed E-state index contributed by atoms with van der Waals surface area (Å²) in [7, 11) is 1.95. The second kappa shape index (κ2) is 13.3. The fourth-order valence-electron chi connectivity index (χ4n) is 9.74. The molecule has 5 heteroatoms. The fourth-order valence-corrected chi connectivity index (χ4v) is 9.74. The van der Waals surface area contributed by atoms with Crippen molar-refractivity contribution in [2.45, 2.75) is 105 Å². The van der Waals surface area contributed by atoms with Crippen molar-refractivity contribution in [2.75, 3.05) is 33.3 Å². The quantitative estimate of drug-likeness (QED) is 0.259. The molecule has 40 heavy (non-hydrogen) atoms. The first-order chi connectivity index (χ1) is 19.0. The molecule has 9 atom stereocenters. The third-order valence-corrected chi connectivity index (χ3v) is 12.3. The van der Waals surface area contributed by atoms with E-state index in [0.717, 1.165) is 48.9 Å². The molecule has 0 radical (unpaired) electrons. The highest BCUT2D eigenvalue weighted by Crippen LogP contribution is 2.67. The molecule has 0 aromatic heterocycles. The van der Waals surface area contributed by atoms with Crippen molar-refractivity contribution >= 4 is 6.09 Å². The summed E-state index contributed by atoms with van der Waals surface area (Å²) in [5, 5.41) is 11.9. The van der Waals surface area contributed by atoms with E-state index in [1.165, 1.54) is 38.5 Å². The maximum atomic E-state index is 12.5. The van der Waals surface area contributed by atoms with Crippen molar-refractivity contribution in [2.24, 2.45) is 52.3 Å². The minimum Gasteiger partial charge on any atom is -0.446 e. The minimum absolute atomic E-state index is 0.0128. The second-order valence-corrected chi connectivity index (χ2v) is 14.8. The van der Waals surface area contributed by atoms with Crippen molar-refractivity contribution in [1.29, 1.82) is 0 Å². The Kier molecular flexibility index (Phi) is 10.5. The lowest BCUT2D eigenvalue weighted by Crippen LogP contribution is -2.51. The molecule has 2 unspecified atom stereocenters. The molecule has 0 aromatic carbocycles. The van der Waals surface area contributed by atoms with Crippen LogP contribution in [-0.4, -0.2) is 55.5 Å². The van der Waals surface area contributed by atoms with E-state index in [1.807, 2.05) is 11.9 Å². The van der Waals surface area contributed by atoms with E-state index in [4.69, 9.17) is 9.84 Å². The highest BCUT2D eigenvalue weighted by Gasteiger charge is 2.59. The number of rotatable bonds is 11. The van der Waals surface area contributed by atoms with Gasteiger partial charge in [-0.2, -0.15) is 0 Å². The number of alkyl carbamates (subject to hydrolysis) is 1. The third-order valence-electron chi connectivity index (χ3n) is 12.3. The van der Waals surface area contributed by atoms with Crippen molar-refractivity contribution in [3.63, 3.8) is 0 Å². The summed E-state index contributed by atoms with van der Waals surface area (Å²) in [4.78, 5) is 14.5. The number of likely N-dealkylation sites (N-methyl/N-ethyl adjacent to an activating group) is 1. The molecule has 0 aliphatic heterocycles. The second-order valence-electron chi connectivity index (χ2n) is 14.8. The van der Waals surface area contributed by atoms with E-state index < -0.39 is 0 Å². The number of nitrogens with one attached hydrogen (secondary N) is 1. The zero-order valence-electron chi connectivity index (χ0n) is 26.8. The maximum absolute atomic E-state index is 12.5. The molecule has 0 saturated heterocycles. The Morgan fingerprint density at radius 3 is 2.60 bits per heavy atom. The standard InChI is InChI=1S/C35H60N2O3/c1-8-26(24(2)3)10-9-25(4)30-13-14-31-29-12-11-27-23-28(40-33(39)36-19-20-37(7)21-22-38)15-17-34(27,5)32(29)16-18-35(30,31)6/h9-11,24-26,28-32,38H,8,12-23H2,1-7H3,(H,36,39)/b10-9+/t25-,26-,28?,29+,30-,31+,32+,34?,35-/m1/s1. The predicted molar refractivity (Wildman–Crippen MR) is 165 cm³/mol. The van der Waals surface area contributed by atoms with Crippen molar-refractivity contribution in [3.8, 4) is 0 Å². The van der Waals surface area contributed by atoms with Crippen LogP contribution in [0.3, 0.4) is 0 Å². The molecule has 228 valence electrons. The first-order valence-corrected chi connectivity index (χ1v) is 16.6. The normalized spacial score (nSPS) is 37.0. The zero-order valence-corrected chi connectivity index (χ0v) is 26.8. The van der Waals surface area contributed by atoms with E-state index >= 15 is 0 Å². The van der Waals surface area contributed by atoms with Crippen LogP contribution in [0.15, 0.2) is 23.8 Å². The van der Waals surface area contributed by atoms with Gasteiger partial charge in [0.2, 0.25) is 0 Å². The van der Waals surface area contributed by atoms with E-state index in [2.05, 4.69) is 65.1 Å². The molecule has 4 rings (SSSR count). The summed E-state index contributed by atoms with van der Waals surface area (Å²) in [6, 6.07) is 0. The molecule has 3 saturated carbocycles. The highest BCUT2D eigenvalue weighted by atomic mass is 16.6. The Labute approximate surface area is 245 Å². The van der Waals surface area contributed by atoms with Crippen molar-refractivity contribution < 1.29 is 14.6 Å². The van der Waals surface area contributed by atoms with Gasteiger partial charge < -0.3 is 20.1 Å². The van der Waals surface area contributed by atoms with Gasteiger partial charge in [-0.05, 0) is 111 Å². The molecule has 0 aromatic rings. The van der Waals surface area contributed by atoms with E-state index in [1.54, 1.807) is 5.57 Å². The van der Waals surface area contributed by atoms with Crippen LogP contribution in [0.2, 0.25) is 0 Å². The van der Waals surface area contributed by atoms with Crippen LogP contribution in [0.25, 0.3) is 0 Å². The summed E-state index contributed by atoms with van der Waals surface area (Å²) >= 11 is 0. The van der Waals surface area contributed by atoms with Crippen LogP contribution in [0.4, 0.5) is 4.79 Å². The lowest BCUT2D eigenvalue weighted by molar-refractivity contribution is -0.0550. The molecule has 0 spiro atoms. The number of amides is 1. The number of aliphatic hydroxyl groups excluding tert-OH is 1. The fraction of sp³-hybridized carbons (Fsp3) is 0.857.